The second-order valence-electron chi connectivity index (χ2n) is 7.04. The van der Waals surface area contributed by atoms with E-state index in [0.717, 1.165) is 19.9 Å². The molecule has 0 fully saturated rings. The zero-order chi connectivity index (χ0) is 25.3. The molecule has 184 valence electrons. The Morgan fingerprint density at radius 3 is 2.34 bits per heavy atom. The van der Waals surface area contributed by atoms with Crippen molar-refractivity contribution in [2.24, 2.45) is 0 Å². The van der Waals surface area contributed by atoms with Gasteiger partial charge in [-0.25, -0.2) is 13.1 Å². The van der Waals surface area contributed by atoms with Crippen LogP contribution in [0.5, 0.6) is 17.5 Å². The third-order valence-corrected chi connectivity index (χ3v) is 6.51. The van der Waals surface area contributed by atoms with Crippen molar-refractivity contribution in [3.8, 4) is 28.8 Å². The number of nitrogens with one attached hydrogen (secondary N) is 2. The molecule has 0 atom stereocenters. The topological polar surface area (TPSA) is 128 Å². The highest BCUT2D eigenvalue weighted by atomic mass is 35.5. The van der Waals surface area contributed by atoms with Crippen molar-refractivity contribution >= 4 is 38.5 Å². The number of hydrogen-bond donors (Lipinski definition) is 2. The quantitative estimate of drug-likeness (QED) is 0.346. The Labute approximate surface area is 203 Å². The number of aromatic amines is 1. The highest BCUT2D eigenvalue weighted by Gasteiger charge is 2.26. The molecule has 0 saturated heterocycles. The van der Waals surface area contributed by atoms with Gasteiger partial charge in [0.1, 0.15) is 4.90 Å². The fourth-order valence-corrected chi connectivity index (χ4v) is 4.77. The zero-order valence-corrected chi connectivity index (χ0v) is 20.0. The number of sulfonamides is 1. The lowest BCUT2D eigenvalue weighted by atomic mass is 10.1. The number of anilines is 1. The van der Waals surface area contributed by atoms with Crippen LogP contribution in [0.2, 0.25) is 5.02 Å². The number of alkyl halides is 2. The van der Waals surface area contributed by atoms with Crippen molar-refractivity contribution in [3.63, 3.8) is 0 Å². The molecule has 4 aromatic rings. The van der Waals surface area contributed by atoms with Crippen LogP contribution < -0.4 is 18.9 Å². The second-order valence-corrected chi connectivity index (χ2v) is 9.10. The molecule has 0 spiro atoms. The SMILES string of the molecule is COc1nc(NS(=O)(=O)c2c[nH]c3c(-c4cccc(C)n4)c(Cl)ccc23)nc(OC)c1OC(F)F. The number of methoxy groups -OCH3 is 2. The highest BCUT2D eigenvalue weighted by Crippen LogP contribution is 2.38. The number of fused-ring (bicyclic) bond motifs is 1. The summed E-state index contributed by atoms with van der Waals surface area (Å²) in [5.41, 5.74) is 2.30. The van der Waals surface area contributed by atoms with Crippen LogP contribution in [0.4, 0.5) is 14.7 Å². The van der Waals surface area contributed by atoms with Gasteiger partial charge in [-0.1, -0.05) is 17.7 Å². The van der Waals surface area contributed by atoms with Gasteiger partial charge in [-0.05, 0) is 31.2 Å². The molecule has 1 aromatic carbocycles. The van der Waals surface area contributed by atoms with E-state index in [2.05, 4.69) is 29.4 Å². The average molecular weight is 526 g/mol. The van der Waals surface area contributed by atoms with E-state index < -0.39 is 40.1 Å². The molecule has 0 aliphatic rings. The van der Waals surface area contributed by atoms with Gasteiger partial charge in [-0.15, -0.1) is 0 Å². The van der Waals surface area contributed by atoms with Gasteiger partial charge >= 0.3 is 6.61 Å². The summed E-state index contributed by atoms with van der Waals surface area (Å²) in [5.74, 6) is -1.96. The van der Waals surface area contributed by atoms with E-state index >= 15 is 0 Å². The number of aromatic nitrogens is 4. The van der Waals surface area contributed by atoms with Gasteiger partial charge in [0.05, 0.1) is 30.5 Å². The van der Waals surface area contributed by atoms with E-state index in [1.54, 1.807) is 18.2 Å². The first kappa shape index (κ1) is 24.4. The molecule has 35 heavy (non-hydrogen) atoms. The average Bonchev–Trinajstić information content (AvgIpc) is 3.24. The summed E-state index contributed by atoms with van der Waals surface area (Å²) in [4.78, 5) is 14.9. The third kappa shape index (κ3) is 4.77. The van der Waals surface area contributed by atoms with Crippen LogP contribution in [-0.4, -0.2) is 49.2 Å². The highest BCUT2D eigenvalue weighted by molar-refractivity contribution is 7.93. The van der Waals surface area contributed by atoms with Crippen LogP contribution in [0.3, 0.4) is 0 Å². The maximum absolute atomic E-state index is 13.2. The smallest absolute Gasteiger partial charge is 0.387 e. The monoisotopic (exact) mass is 525 g/mol. The van der Waals surface area contributed by atoms with Crippen LogP contribution in [0.15, 0.2) is 41.4 Å². The first-order chi connectivity index (χ1) is 16.6. The van der Waals surface area contributed by atoms with E-state index in [1.165, 1.54) is 6.20 Å². The summed E-state index contributed by atoms with van der Waals surface area (Å²) in [7, 11) is -1.99. The molecule has 0 bridgehead atoms. The number of halogens is 3. The molecule has 0 aliphatic heterocycles. The molecule has 0 unspecified atom stereocenters. The van der Waals surface area contributed by atoms with Gasteiger partial charge in [-0.2, -0.15) is 18.7 Å². The molecule has 3 aromatic heterocycles. The van der Waals surface area contributed by atoms with E-state index in [0.29, 0.717) is 27.2 Å². The molecular formula is C21H18ClF2N5O5S. The van der Waals surface area contributed by atoms with Crippen molar-refractivity contribution in [2.45, 2.75) is 18.4 Å². The Bertz CT molecular complexity index is 1490. The summed E-state index contributed by atoms with van der Waals surface area (Å²) in [6.45, 7) is -1.38. The number of rotatable bonds is 8. The summed E-state index contributed by atoms with van der Waals surface area (Å²) < 4.78 is 68.4. The second kappa shape index (κ2) is 9.50. The van der Waals surface area contributed by atoms with Crippen molar-refractivity contribution in [2.75, 3.05) is 18.9 Å². The molecule has 2 N–H and O–H groups in total. The number of ether oxygens (including phenoxy) is 3. The minimum atomic E-state index is -4.27. The van der Waals surface area contributed by atoms with Crippen LogP contribution in [0.1, 0.15) is 5.69 Å². The fraction of sp³-hybridized carbons (Fsp3) is 0.190. The summed E-state index contributed by atoms with van der Waals surface area (Å²) in [5, 5.41) is 0.707. The Morgan fingerprint density at radius 1 is 1.06 bits per heavy atom. The lowest BCUT2D eigenvalue weighted by Crippen LogP contribution is -2.16. The minimum Gasteiger partial charge on any atom is -0.478 e. The van der Waals surface area contributed by atoms with Crippen molar-refractivity contribution in [3.05, 3.63) is 47.2 Å². The first-order valence-corrected chi connectivity index (χ1v) is 11.7. The van der Waals surface area contributed by atoms with Crippen LogP contribution in [0.25, 0.3) is 22.2 Å². The maximum Gasteiger partial charge on any atom is 0.387 e. The van der Waals surface area contributed by atoms with E-state index in [4.69, 9.17) is 21.1 Å². The number of H-pyrrole nitrogens is 1. The Balaban J connectivity index is 1.78. The van der Waals surface area contributed by atoms with Crippen LogP contribution in [-0.2, 0) is 10.0 Å². The minimum absolute atomic E-state index is 0.132. The van der Waals surface area contributed by atoms with E-state index in [1.807, 2.05) is 19.1 Å². The molecule has 3 heterocycles. The van der Waals surface area contributed by atoms with Crippen molar-refractivity contribution < 1.29 is 31.4 Å². The van der Waals surface area contributed by atoms with Crippen LogP contribution in [0, 0.1) is 6.92 Å². The zero-order valence-electron chi connectivity index (χ0n) is 18.5. The van der Waals surface area contributed by atoms with E-state index in [9.17, 15) is 17.2 Å². The molecule has 0 amide bonds. The molecule has 4 rings (SSSR count). The summed E-state index contributed by atoms with van der Waals surface area (Å²) in [6.07, 6.45) is 1.28. The number of pyridine rings is 1. The predicted molar refractivity (Wildman–Crippen MR) is 124 cm³/mol. The van der Waals surface area contributed by atoms with Gasteiger partial charge in [0.2, 0.25) is 11.7 Å². The normalized spacial score (nSPS) is 11.6. The van der Waals surface area contributed by atoms with Gasteiger partial charge < -0.3 is 19.2 Å². The number of hydrogen-bond acceptors (Lipinski definition) is 8. The fourth-order valence-electron chi connectivity index (χ4n) is 3.40. The standard InChI is InChI=1S/C21H18ClF2N5O5S/c1-10-5-4-6-13(26-10)15-12(22)8-7-11-14(9-25-16(11)15)35(30,31)29-21-27-18(32-2)17(34-20(23)24)19(28-21)33-3/h4-9,20,25H,1-3H3,(H,27,28,29). The van der Waals surface area contributed by atoms with Gasteiger partial charge in [0.15, 0.2) is 0 Å². The van der Waals surface area contributed by atoms with Crippen LogP contribution >= 0.6 is 11.6 Å². The lowest BCUT2D eigenvalue weighted by molar-refractivity contribution is -0.0533. The summed E-state index contributed by atoms with van der Waals surface area (Å²) >= 11 is 6.42. The molecule has 10 nitrogen and oxygen atoms in total. The molecule has 0 radical (unpaired) electrons. The Hall–Kier alpha value is -3.71. The number of benzene rings is 1. The molecule has 0 aliphatic carbocycles. The summed E-state index contributed by atoms with van der Waals surface area (Å²) in [6, 6.07) is 8.51. The molecule has 14 heteroatoms. The van der Waals surface area contributed by atoms with Crippen molar-refractivity contribution in [1.82, 2.24) is 19.9 Å². The maximum atomic E-state index is 13.2. The van der Waals surface area contributed by atoms with Gasteiger partial charge in [-0.3, -0.25) is 4.98 Å². The van der Waals surface area contributed by atoms with Gasteiger partial charge in [0, 0.05) is 22.8 Å². The Kier molecular flexibility index (Phi) is 6.63. The predicted octanol–water partition coefficient (Wildman–Crippen LogP) is 4.40. The number of aryl methyl sites for hydroxylation is 1. The van der Waals surface area contributed by atoms with Gasteiger partial charge in [0.25, 0.3) is 21.8 Å². The third-order valence-electron chi connectivity index (χ3n) is 4.82. The van der Waals surface area contributed by atoms with E-state index in [-0.39, 0.29) is 4.90 Å². The first-order valence-electron chi connectivity index (χ1n) is 9.86. The largest absolute Gasteiger partial charge is 0.478 e. The van der Waals surface area contributed by atoms with Crippen molar-refractivity contribution in [1.29, 1.82) is 0 Å². The molecular weight excluding hydrogens is 508 g/mol. The lowest BCUT2D eigenvalue weighted by Gasteiger charge is -2.14. The Morgan fingerprint density at radius 2 is 1.74 bits per heavy atom. The number of nitrogens with zero attached hydrogens (tertiary/aromatic N) is 3. The molecule has 0 saturated carbocycles.